The van der Waals surface area contributed by atoms with E-state index in [1.165, 1.54) is 0 Å². The maximum Gasteiger partial charge on any atom is 0.122 e. The molecule has 0 radical (unpaired) electrons. The standard InChI is InChI=1S/C13H14O2/c1-13(2,15)12-10-6-4-3-5-9(10)7-8-11(12)14/h3-8,14-15H,1-2H3. The number of hydrogen-bond donors (Lipinski definition) is 2. The number of hydrogen-bond acceptors (Lipinski definition) is 2. The van der Waals surface area contributed by atoms with Gasteiger partial charge in [-0.25, -0.2) is 0 Å². The monoisotopic (exact) mass is 202 g/mol. The van der Waals surface area contributed by atoms with Crippen LogP contribution in [0.25, 0.3) is 10.8 Å². The molecule has 0 saturated carbocycles. The second-order valence-electron chi connectivity index (χ2n) is 4.24. The molecule has 78 valence electrons. The predicted octanol–water partition coefficient (Wildman–Crippen LogP) is 2.77. The number of aromatic hydroxyl groups is 1. The third kappa shape index (κ3) is 1.68. The average molecular weight is 202 g/mol. The largest absolute Gasteiger partial charge is 0.508 e. The van der Waals surface area contributed by atoms with E-state index in [-0.39, 0.29) is 5.75 Å². The van der Waals surface area contributed by atoms with Gasteiger partial charge in [-0.1, -0.05) is 30.3 Å². The molecule has 2 aromatic carbocycles. The zero-order valence-electron chi connectivity index (χ0n) is 8.86. The minimum absolute atomic E-state index is 0.140. The van der Waals surface area contributed by atoms with Gasteiger partial charge in [-0.2, -0.15) is 0 Å². The lowest BCUT2D eigenvalue weighted by Gasteiger charge is -2.21. The van der Waals surface area contributed by atoms with E-state index in [9.17, 15) is 10.2 Å². The summed E-state index contributed by atoms with van der Waals surface area (Å²) >= 11 is 0. The van der Waals surface area contributed by atoms with Gasteiger partial charge in [-0.05, 0) is 30.7 Å². The topological polar surface area (TPSA) is 40.5 Å². The Morgan fingerprint density at radius 3 is 2.33 bits per heavy atom. The van der Waals surface area contributed by atoms with Crippen LogP contribution in [0.4, 0.5) is 0 Å². The SMILES string of the molecule is CC(C)(O)c1c(O)ccc2ccccc12. The molecule has 2 nitrogen and oxygen atoms in total. The Hall–Kier alpha value is -1.54. The first-order chi connectivity index (χ1) is 7.00. The Labute approximate surface area is 88.8 Å². The minimum Gasteiger partial charge on any atom is -0.508 e. The van der Waals surface area contributed by atoms with Crippen molar-refractivity contribution in [3.8, 4) is 5.75 Å². The van der Waals surface area contributed by atoms with Gasteiger partial charge in [0.2, 0.25) is 0 Å². The lowest BCUT2D eigenvalue weighted by molar-refractivity contribution is 0.0775. The molecule has 0 bridgehead atoms. The van der Waals surface area contributed by atoms with Crippen LogP contribution in [0.3, 0.4) is 0 Å². The first-order valence-electron chi connectivity index (χ1n) is 4.94. The van der Waals surface area contributed by atoms with E-state index in [4.69, 9.17) is 0 Å². The molecular formula is C13H14O2. The van der Waals surface area contributed by atoms with Gasteiger partial charge in [-0.15, -0.1) is 0 Å². The van der Waals surface area contributed by atoms with Gasteiger partial charge in [0.25, 0.3) is 0 Å². The molecule has 0 aliphatic rings. The second-order valence-corrected chi connectivity index (χ2v) is 4.24. The Morgan fingerprint density at radius 2 is 1.67 bits per heavy atom. The van der Waals surface area contributed by atoms with Crippen molar-refractivity contribution in [1.82, 2.24) is 0 Å². The van der Waals surface area contributed by atoms with Crippen molar-refractivity contribution in [1.29, 1.82) is 0 Å². The number of phenols is 1. The number of phenolic OH excluding ortho intramolecular Hbond substituents is 1. The van der Waals surface area contributed by atoms with Crippen LogP contribution in [0.15, 0.2) is 36.4 Å². The molecule has 0 saturated heterocycles. The molecule has 0 aliphatic carbocycles. The van der Waals surface area contributed by atoms with Crippen molar-refractivity contribution in [2.24, 2.45) is 0 Å². The second kappa shape index (κ2) is 3.24. The first kappa shape index (κ1) is 9.99. The van der Waals surface area contributed by atoms with Crippen LogP contribution in [0.1, 0.15) is 19.4 Å². The van der Waals surface area contributed by atoms with Crippen molar-refractivity contribution >= 4 is 10.8 Å². The Kier molecular flexibility index (Phi) is 2.16. The zero-order chi connectivity index (χ0) is 11.1. The summed E-state index contributed by atoms with van der Waals surface area (Å²) in [6, 6.07) is 11.2. The van der Waals surface area contributed by atoms with E-state index >= 15 is 0 Å². The van der Waals surface area contributed by atoms with Gasteiger partial charge >= 0.3 is 0 Å². The summed E-state index contributed by atoms with van der Waals surface area (Å²) in [5.41, 5.74) is -0.453. The van der Waals surface area contributed by atoms with E-state index in [1.807, 2.05) is 30.3 Å². The predicted molar refractivity (Wildman–Crippen MR) is 60.9 cm³/mol. The molecular weight excluding hydrogens is 188 g/mol. The van der Waals surface area contributed by atoms with Crippen LogP contribution < -0.4 is 0 Å². The summed E-state index contributed by atoms with van der Waals surface area (Å²) in [4.78, 5) is 0. The molecule has 0 amide bonds. The van der Waals surface area contributed by atoms with E-state index < -0.39 is 5.60 Å². The van der Waals surface area contributed by atoms with Gasteiger partial charge in [-0.3, -0.25) is 0 Å². The summed E-state index contributed by atoms with van der Waals surface area (Å²) < 4.78 is 0. The maximum atomic E-state index is 10.0. The highest BCUT2D eigenvalue weighted by molar-refractivity contribution is 5.88. The van der Waals surface area contributed by atoms with Crippen molar-refractivity contribution < 1.29 is 10.2 Å². The summed E-state index contributed by atoms with van der Waals surface area (Å²) in [7, 11) is 0. The quantitative estimate of drug-likeness (QED) is 0.746. The maximum absolute atomic E-state index is 10.0. The summed E-state index contributed by atoms with van der Waals surface area (Å²) in [5, 5.41) is 21.7. The highest BCUT2D eigenvalue weighted by Crippen LogP contribution is 2.35. The number of aliphatic hydroxyl groups is 1. The fraction of sp³-hybridized carbons (Fsp3) is 0.231. The third-order valence-electron chi connectivity index (χ3n) is 2.52. The molecule has 0 heterocycles. The summed E-state index contributed by atoms with van der Waals surface area (Å²) in [5.74, 6) is 0.140. The van der Waals surface area contributed by atoms with E-state index in [0.717, 1.165) is 10.8 Å². The summed E-state index contributed by atoms with van der Waals surface area (Å²) in [6.07, 6.45) is 0. The van der Waals surface area contributed by atoms with Crippen LogP contribution in [0.5, 0.6) is 5.75 Å². The molecule has 0 fully saturated rings. The van der Waals surface area contributed by atoms with Gasteiger partial charge in [0, 0.05) is 5.56 Å². The summed E-state index contributed by atoms with van der Waals surface area (Å²) in [6.45, 7) is 3.35. The van der Waals surface area contributed by atoms with Crippen molar-refractivity contribution in [3.05, 3.63) is 42.0 Å². The third-order valence-corrected chi connectivity index (χ3v) is 2.52. The molecule has 0 aromatic heterocycles. The highest BCUT2D eigenvalue weighted by atomic mass is 16.3. The fourth-order valence-corrected chi connectivity index (χ4v) is 1.90. The van der Waals surface area contributed by atoms with Crippen molar-refractivity contribution in [2.45, 2.75) is 19.4 Å². The molecule has 0 atom stereocenters. The minimum atomic E-state index is -1.04. The number of fused-ring (bicyclic) bond motifs is 1. The Morgan fingerprint density at radius 1 is 1.00 bits per heavy atom. The Balaban J connectivity index is 2.86. The number of benzene rings is 2. The van der Waals surface area contributed by atoms with Gasteiger partial charge in [0.15, 0.2) is 0 Å². The smallest absolute Gasteiger partial charge is 0.122 e. The van der Waals surface area contributed by atoms with Gasteiger partial charge in [0.05, 0.1) is 5.60 Å². The van der Waals surface area contributed by atoms with Crippen LogP contribution >= 0.6 is 0 Å². The zero-order valence-corrected chi connectivity index (χ0v) is 8.86. The van der Waals surface area contributed by atoms with Gasteiger partial charge < -0.3 is 10.2 Å². The normalized spacial score (nSPS) is 11.9. The van der Waals surface area contributed by atoms with Crippen molar-refractivity contribution in [2.75, 3.05) is 0 Å². The lowest BCUT2D eigenvalue weighted by atomic mass is 9.91. The molecule has 15 heavy (non-hydrogen) atoms. The van der Waals surface area contributed by atoms with Gasteiger partial charge in [0.1, 0.15) is 5.75 Å². The molecule has 2 aromatic rings. The Bertz CT molecular complexity index is 495. The number of rotatable bonds is 1. The van der Waals surface area contributed by atoms with E-state index in [2.05, 4.69) is 0 Å². The van der Waals surface area contributed by atoms with Crippen LogP contribution in [0, 0.1) is 0 Å². The average Bonchev–Trinajstić information content (AvgIpc) is 2.15. The highest BCUT2D eigenvalue weighted by Gasteiger charge is 2.22. The van der Waals surface area contributed by atoms with Crippen molar-refractivity contribution in [3.63, 3.8) is 0 Å². The van der Waals surface area contributed by atoms with Crippen LogP contribution in [-0.2, 0) is 5.60 Å². The molecule has 2 heteroatoms. The van der Waals surface area contributed by atoms with E-state index in [1.54, 1.807) is 19.9 Å². The van der Waals surface area contributed by atoms with Crippen LogP contribution in [0.2, 0.25) is 0 Å². The fourth-order valence-electron chi connectivity index (χ4n) is 1.90. The molecule has 0 aliphatic heterocycles. The molecule has 0 spiro atoms. The molecule has 0 unspecified atom stereocenters. The molecule has 2 N–H and O–H groups in total. The molecule has 2 rings (SSSR count). The van der Waals surface area contributed by atoms with E-state index in [0.29, 0.717) is 5.56 Å². The van der Waals surface area contributed by atoms with Crippen LogP contribution in [-0.4, -0.2) is 10.2 Å². The first-order valence-corrected chi connectivity index (χ1v) is 4.94. The lowest BCUT2D eigenvalue weighted by Crippen LogP contribution is -2.16.